The number of nitrogens with zero attached hydrogens (tertiary/aromatic N) is 4. The van der Waals surface area contributed by atoms with Crippen LogP contribution in [0.1, 0.15) is 56.5 Å². The second-order valence-electron chi connectivity index (χ2n) is 7.51. The average Bonchev–Trinajstić information content (AvgIpc) is 3.02. The van der Waals surface area contributed by atoms with Crippen LogP contribution in [0.25, 0.3) is 5.78 Å². The topological polar surface area (TPSA) is 72.2 Å². The van der Waals surface area contributed by atoms with Crippen molar-refractivity contribution in [3.8, 4) is 0 Å². The van der Waals surface area contributed by atoms with Crippen molar-refractivity contribution < 1.29 is 4.79 Å². The first-order chi connectivity index (χ1) is 12.4. The maximum absolute atomic E-state index is 12.5. The van der Waals surface area contributed by atoms with Gasteiger partial charge in [0, 0.05) is 23.9 Å². The summed E-state index contributed by atoms with van der Waals surface area (Å²) in [5, 5.41) is 8.46. The number of hydrogen-bond donors (Lipinski definition) is 1. The first kappa shape index (κ1) is 19.1. The van der Waals surface area contributed by atoms with Crippen molar-refractivity contribution in [3.63, 3.8) is 0 Å². The Morgan fingerprint density at radius 3 is 2.77 bits per heavy atom. The van der Waals surface area contributed by atoms with Gasteiger partial charge in [0.15, 0.2) is 0 Å². The lowest BCUT2D eigenvalue weighted by atomic mass is 9.78. The number of aryl methyl sites for hydroxylation is 2. The predicted molar refractivity (Wildman–Crippen MR) is 104 cm³/mol. The Labute approximate surface area is 159 Å². The summed E-state index contributed by atoms with van der Waals surface area (Å²) >= 11 is 1.51. The van der Waals surface area contributed by atoms with E-state index < -0.39 is 0 Å². The molecule has 1 amide bonds. The van der Waals surface area contributed by atoms with Crippen molar-refractivity contribution in [2.75, 3.05) is 6.26 Å². The Balaban J connectivity index is 1.68. The Kier molecular flexibility index (Phi) is 5.85. The number of carbonyl (C=O) groups excluding carboxylic acids is 1. The lowest BCUT2D eigenvalue weighted by molar-refractivity contribution is -0.122. The van der Waals surface area contributed by atoms with Gasteiger partial charge in [0.05, 0.1) is 0 Å². The Bertz CT molecular complexity index is 803. The molecule has 0 spiro atoms. The highest BCUT2D eigenvalue weighted by Gasteiger charge is 2.28. The number of nitrogens with one attached hydrogen (secondary N) is 1. The van der Waals surface area contributed by atoms with Crippen molar-refractivity contribution in [2.45, 2.75) is 71.0 Å². The number of rotatable bonds is 5. The largest absolute Gasteiger partial charge is 0.353 e. The molecular formula is C19H29N5OS. The Morgan fingerprint density at radius 2 is 2.04 bits per heavy atom. The van der Waals surface area contributed by atoms with E-state index in [1.165, 1.54) is 24.6 Å². The van der Waals surface area contributed by atoms with Gasteiger partial charge >= 0.3 is 0 Å². The molecular weight excluding hydrogens is 346 g/mol. The van der Waals surface area contributed by atoms with Gasteiger partial charge in [0.2, 0.25) is 11.1 Å². The van der Waals surface area contributed by atoms with Gasteiger partial charge < -0.3 is 5.32 Å². The minimum absolute atomic E-state index is 0.137. The van der Waals surface area contributed by atoms with Crippen molar-refractivity contribution in [2.24, 2.45) is 11.8 Å². The molecule has 0 unspecified atom stereocenters. The molecule has 1 aliphatic rings. The van der Waals surface area contributed by atoms with E-state index in [-0.39, 0.29) is 5.91 Å². The van der Waals surface area contributed by atoms with E-state index in [0.717, 1.165) is 28.5 Å². The highest BCUT2D eigenvalue weighted by atomic mass is 32.2. The molecule has 0 aromatic carbocycles. The van der Waals surface area contributed by atoms with E-state index in [0.29, 0.717) is 36.5 Å². The third kappa shape index (κ3) is 3.87. The molecule has 26 heavy (non-hydrogen) atoms. The second-order valence-corrected chi connectivity index (χ2v) is 8.29. The fraction of sp³-hybridized carbons (Fsp3) is 0.684. The van der Waals surface area contributed by atoms with Crippen molar-refractivity contribution in [1.29, 1.82) is 0 Å². The molecule has 142 valence electrons. The molecule has 2 aromatic rings. The van der Waals surface area contributed by atoms with Gasteiger partial charge in [-0.15, -0.1) is 5.10 Å². The van der Waals surface area contributed by atoms with E-state index in [4.69, 9.17) is 0 Å². The third-order valence-electron chi connectivity index (χ3n) is 5.87. The summed E-state index contributed by atoms with van der Waals surface area (Å²) in [6, 6.07) is 0.313. The van der Waals surface area contributed by atoms with Gasteiger partial charge in [-0.3, -0.25) is 4.79 Å². The number of amides is 1. The molecule has 1 N–H and O–H groups in total. The normalized spacial score (nSPS) is 23.3. The summed E-state index contributed by atoms with van der Waals surface area (Å²) in [5.41, 5.74) is 3.05. The maximum Gasteiger partial charge on any atom is 0.253 e. The highest BCUT2D eigenvalue weighted by molar-refractivity contribution is 7.98. The molecule has 0 saturated heterocycles. The van der Waals surface area contributed by atoms with Gasteiger partial charge in [-0.05, 0) is 50.3 Å². The fourth-order valence-corrected chi connectivity index (χ4v) is 4.28. The third-order valence-corrected chi connectivity index (χ3v) is 6.41. The maximum atomic E-state index is 12.5. The lowest BCUT2D eigenvalue weighted by Crippen LogP contribution is -2.43. The minimum Gasteiger partial charge on any atom is -0.353 e. The monoisotopic (exact) mass is 375 g/mol. The predicted octanol–water partition coefficient (Wildman–Crippen LogP) is 3.34. The molecule has 3 rings (SSSR count). The number of aromatic nitrogens is 4. The van der Waals surface area contributed by atoms with E-state index in [1.54, 1.807) is 4.52 Å². The van der Waals surface area contributed by atoms with E-state index in [1.807, 2.05) is 20.1 Å². The molecule has 6 nitrogen and oxygen atoms in total. The molecule has 0 aliphatic heterocycles. The van der Waals surface area contributed by atoms with E-state index in [2.05, 4.69) is 34.2 Å². The quantitative estimate of drug-likeness (QED) is 0.812. The highest BCUT2D eigenvalue weighted by Crippen LogP contribution is 2.29. The standard InChI is InChI=1S/C19H29N5OS/c1-11-7-6-8-16(12(11)2)21-17(25)10-9-15-13(3)20-18-22-19(26-5)23-24(18)14(15)4/h11-12,16H,6-10H2,1-5H3,(H,21,25)/t11-,12-,16-/m1/s1. The van der Waals surface area contributed by atoms with Crippen molar-refractivity contribution in [1.82, 2.24) is 24.9 Å². The number of thioether (sulfide) groups is 1. The first-order valence-electron chi connectivity index (χ1n) is 9.47. The summed E-state index contributed by atoms with van der Waals surface area (Å²) in [6.07, 6.45) is 6.69. The van der Waals surface area contributed by atoms with Crippen LogP contribution in [0.15, 0.2) is 5.16 Å². The molecule has 3 atom stereocenters. The zero-order valence-corrected chi connectivity index (χ0v) is 17.2. The molecule has 2 aromatic heterocycles. The van der Waals surface area contributed by atoms with Crippen LogP contribution < -0.4 is 5.32 Å². The lowest BCUT2D eigenvalue weighted by Gasteiger charge is -2.34. The van der Waals surface area contributed by atoms with Crippen LogP contribution in [0.3, 0.4) is 0 Å². The average molecular weight is 376 g/mol. The summed E-state index contributed by atoms with van der Waals surface area (Å²) in [6.45, 7) is 8.56. The van der Waals surface area contributed by atoms with Crippen LogP contribution in [0, 0.1) is 25.7 Å². The zero-order chi connectivity index (χ0) is 18.8. The SMILES string of the molecule is CSc1nc2nc(C)c(CCC(=O)N[C@@H]3CCC[C@@H](C)[C@H]3C)c(C)n2n1. The van der Waals surface area contributed by atoms with Crippen LogP contribution in [-0.2, 0) is 11.2 Å². The van der Waals surface area contributed by atoms with Gasteiger partial charge in [-0.2, -0.15) is 4.98 Å². The second kappa shape index (κ2) is 7.94. The van der Waals surface area contributed by atoms with Gasteiger partial charge in [-0.1, -0.05) is 38.5 Å². The molecule has 1 saturated carbocycles. The van der Waals surface area contributed by atoms with Crippen LogP contribution in [0.5, 0.6) is 0 Å². The molecule has 2 heterocycles. The zero-order valence-electron chi connectivity index (χ0n) is 16.4. The Hall–Kier alpha value is -1.63. The van der Waals surface area contributed by atoms with Crippen molar-refractivity contribution >= 4 is 23.4 Å². The summed E-state index contributed by atoms with van der Waals surface area (Å²) in [4.78, 5) is 21.5. The van der Waals surface area contributed by atoms with Crippen LogP contribution in [-0.4, -0.2) is 37.8 Å². The van der Waals surface area contributed by atoms with E-state index >= 15 is 0 Å². The van der Waals surface area contributed by atoms with Gasteiger partial charge in [0.25, 0.3) is 5.78 Å². The van der Waals surface area contributed by atoms with Crippen LogP contribution in [0.2, 0.25) is 0 Å². The molecule has 1 fully saturated rings. The van der Waals surface area contributed by atoms with E-state index in [9.17, 15) is 4.79 Å². The molecule has 0 radical (unpaired) electrons. The molecule has 1 aliphatic carbocycles. The summed E-state index contributed by atoms with van der Waals surface area (Å²) < 4.78 is 1.79. The van der Waals surface area contributed by atoms with Crippen LogP contribution in [0.4, 0.5) is 0 Å². The molecule has 0 bridgehead atoms. The number of carbonyl (C=O) groups is 1. The summed E-state index contributed by atoms with van der Waals surface area (Å²) in [7, 11) is 0. The summed E-state index contributed by atoms with van der Waals surface area (Å²) in [5.74, 6) is 2.00. The Morgan fingerprint density at radius 1 is 1.27 bits per heavy atom. The number of fused-ring (bicyclic) bond motifs is 1. The van der Waals surface area contributed by atoms with Gasteiger partial charge in [-0.25, -0.2) is 9.50 Å². The number of hydrogen-bond acceptors (Lipinski definition) is 5. The smallest absolute Gasteiger partial charge is 0.253 e. The van der Waals surface area contributed by atoms with Crippen LogP contribution >= 0.6 is 11.8 Å². The van der Waals surface area contributed by atoms with Crippen molar-refractivity contribution in [3.05, 3.63) is 17.0 Å². The fourth-order valence-electron chi connectivity index (χ4n) is 3.94. The molecule has 7 heteroatoms. The first-order valence-corrected chi connectivity index (χ1v) is 10.7. The minimum atomic E-state index is 0.137. The van der Waals surface area contributed by atoms with Gasteiger partial charge in [0.1, 0.15) is 0 Å².